The smallest absolute Gasteiger partial charge is 0.167 e. The zero-order valence-electron chi connectivity index (χ0n) is 11.1. The van der Waals surface area contributed by atoms with Crippen molar-refractivity contribution in [3.05, 3.63) is 5.82 Å². The van der Waals surface area contributed by atoms with Crippen LogP contribution in [0.4, 0.5) is 0 Å². The number of hydrogen-bond donors (Lipinski definition) is 1. The minimum absolute atomic E-state index is 0.234. The molecule has 0 bridgehead atoms. The van der Waals surface area contributed by atoms with Gasteiger partial charge in [-0.1, -0.05) is 13.8 Å². The molecule has 0 saturated heterocycles. The second kappa shape index (κ2) is 5.12. The van der Waals surface area contributed by atoms with Crippen LogP contribution in [0.2, 0.25) is 0 Å². The van der Waals surface area contributed by atoms with Crippen molar-refractivity contribution < 1.29 is 0 Å². The SMILES string of the molecule is CCCNC(C)c1nnnn1CC1(CC)CC1. The van der Waals surface area contributed by atoms with Crippen LogP contribution >= 0.6 is 0 Å². The molecule has 1 saturated carbocycles. The van der Waals surface area contributed by atoms with Crippen molar-refractivity contribution in [3.8, 4) is 0 Å². The van der Waals surface area contributed by atoms with Crippen LogP contribution in [0.5, 0.6) is 0 Å². The molecule has 1 aliphatic rings. The molecule has 17 heavy (non-hydrogen) atoms. The third-order valence-electron chi connectivity index (χ3n) is 3.84. The van der Waals surface area contributed by atoms with E-state index in [9.17, 15) is 0 Å². The van der Waals surface area contributed by atoms with Gasteiger partial charge in [0.15, 0.2) is 5.82 Å². The molecular formula is C12H23N5. The zero-order chi connectivity index (χ0) is 12.3. The molecule has 96 valence electrons. The van der Waals surface area contributed by atoms with E-state index in [0.29, 0.717) is 5.41 Å². The fraction of sp³-hybridized carbons (Fsp3) is 0.917. The molecule has 0 amide bonds. The monoisotopic (exact) mass is 237 g/mol. The Labute approximate surface area is 103 Å². The van der Waals surface area contributed by atoms with Crippen LogP contribution in [-0.4, -0.2) is 26.8 Å². The Kier molecular flexibility index (Phi) is 3.76. The summed E-state index contributed by atoms with van der Waals surface area (Å²) < 4.78 is 1.99. The summed E-state index contributed by atoms with van der Waals surface area (Å²) in [7, 11) is 0. The first kappa shape index (κ1) is 12.5. The standard InChI is InChI=1S/C12H23N5/c1-4-8-13-10(3)11-14-15-16-17(11)9-12(5-2)6-7-12/h10,13H,4-9H2,1-3H3. The largest absolute Gasteiger partial charge is 0.307 e. The fourth-order valence-electron chi connectivity index (χ4n) is 2.20. The maximum absolute atomic E-state index is 4.15. The first-order valence-corrected chi connectivity index (χ1v) is 6.70. The topological polar surface area (TPSA) is 55.6 Å². The average molecular weight is 237 g/mol. The van der Waals surface area contributed by atoms with Gasteiger partial charge in [-0.2, -0.15) is 0 Å². The molecule has 0 aromatic carbocycles. The van der Waals surface area contributed by atoms with Crippen LogP contribution in [0.3, 0.4) is 0 Å². The van der Waals surface area contributed by atoms with Crippen LogP contribution in [0.25, 0.3) is 0 Å². The van der Waals surface area contributed by atoms with Crippen LogP contribution in [0.1, 0.15) is 58.3 Å². The molecule has 0 radical (unpaired) electrons. The average Bonchev–Trinajstić information content (AvgIpc) is 2.96. The Balaban J connectivity index is 2.01. The maximum Gasteiger partial charge on any atom is 0.167 e. The number of aromatic nitrogens is 4. The Morgan fingerprint density at radius 3 is 2.76 bits per heavy atom. The van der Waals surface area contributed by atoms with Gasteiger partial charge in [-0.25, -0.2) is 4.68 Å². The number of nitrogens with zero attached hydrogens (tertiary/aromatic N) is 4. The van der Waals surface area contributed by atoms with Crippen molar-refractivity contribution in [2.45, 2.75) is 59.0 Å². The lowest BCUT2D eigenvalue weighted by Gasteiger charge is -2.16. The Hall–Kier alpha value is -0.970. The highest BCUT2D eigenvalue weighted by atomic mass is 15.5. The van der Waals surface area contributed by atoms with Gasteiger partial charge in [-0.05, 0) is 55.0 Å². The molecule has 1 aliphatic carbocycles. The van der Waals surface area contributed by atoms with Gasteiger partial charge in [0.2, 0.25) is 0 Å². The molecule has 1 heterocycles. The quantitative estimate of drug-likeness (QED) is 0.787. The normalized spacial score (nSPS) is 19.2. The Morgan fingerprint density at radius 2 is 2.18 bits per heavy atom. The van der Waals surface area contributed by atoms with Gasteiger partial charge in [-0.3, -0.25) is 0 Å². The maximum atomic E-state index is 4.15. The number of nitrogens with one attached hydrogen (secondary N) is 1. The molecule has 1 atom stereocenters. The first-order valence-electron chi connectivity index (χ1n) is 6.70. The third-order valence-corrected chi connectivity index (χ3v) is 3.84. The summed E-state index contributed by atoms with van der Waals surface area (Å²) in [5.74, 6) is 0.971. The third kappa shape index (κ3) is 2.83. The highest BCUT2D eigenvalue weighted by molar-refractivity contribution is 4.96. The molecular weight excluding hydrogens is 214 g/mol. The van der Waals surface area contributed by atoms with Gasteiger partial charge in [0.25, 0.3) is 0 Å². The van der Waals surface area contributed by atoms with E-state index in [4.69, 9.17) is 0 Å². The van der Waals surface area contributed by atoms with Crippen LogP contribution in [0.15, 0.2) is 0 Å². The molecule has 0 aliphatic heterocycles. The first-order chi connectivity index (χ1) is 8.21. The second-order valence-corrected chi connectivity index (χ2v) is 5.22. The summed E-state index contributed by atoms with van der Waals surface area (Å²) in [5, 5.41) is 15.5. The van der Waals surface area contributed by atoms with E-state index in [1.807, 2.05) is 4.68 Å². The van der Waals surface area contributed by atoms with Crippen molar-refractivity contribution in [2.75, 3.05) is 6.54 Å². The van der Waals surface area contributed by atoms with E-state index in [0.717, 1.165) is 25.3 Å². The highest BCUT2D eigenvalue weighted by Gasteiger charge is 2.42. The van der Waals surface area contributed by atoms with Gasteiger partial charge < -0.3 is 5.32 Å². The molecule has 1 fully saturated rings. The molecule has 0 spiro atoms. The lowest BCUT2D eigenvalue weighted by Crippen LogP contribution is -2.25. The lowest BCUT2D eigenvalue weighted by molar-refractivity contribution is 0.361. The van der Waals surface area contributed by atoms with Crippen molar-refractivity contribution in [2.24, 2.45) is 5.41 Å². The Morgan fingerprint density at radius 1 is 1.41 bits per heavy atom. The number of rotatable bonds is 7. The van der Waals surface area contributed by atoms with Crippen LogP contribution in [0, 0.1) is 5.41 Å². The van der Waals surface area contributed by atoms with Crippen LogP contribution < -0.4 is 5.32 Å². The minimum Gasteiger partial charge on any atom is -0.307 e. The van der Waals surface area contributed by atoms with Crippen molar-refractivity contribution >= 4 is 0 Å². The second-order valence-electron chi connectivity index (χ2n) is 5.22. The number of tetrazole rings is 1. The summed E-state index contributed by atoms with van der Waals surface area (Å²) in [6.45, 7) is 8.54. The lowest BCUT2D eigenvalue weighted by atomic mass is 10.0. The van der Waals surface area contributed by atoms with E-state index in [1.165, 1.54) is 19.3 Å². The van der Waals surface area contributed by atoms with Crippen LogP contribution in [-0.2, 0) is 6.54 Å². The van der Waals surface area contributed by atoms with E-state index in [2.05, 4.69) is 41.6 Å². The Bertz CT molecular complexity index is 356. The fourth-order valence-corrected chi connectivity index (χ4v) is 2.20. The van der Waals surface area contributed by atoms with Gasteiger partial charge in [0, 0.05) is 0 Å². The molecule has 1 aromatic rings. The highest BCUT2D eigenvalue weighted by Crippen LogP contribution is 2.49. The van der Waals surface area contributed by atoms with Gasteiger partial charge in [0.05, 0.1) is 12.6 Å². The molecule has 1 N–H and O–H groups in total. The van der Waals surface area contributed by atoms with Gasteiger partial charge in [0.1, 0.15) is 0 Å². The van der Waals surface area contributed by atoms with Gasteiger partial charge in [-0.15, -0.1) is 5.10 Å². The van der Waals surface area contributed by atoms with E-state index in [1.54, 1.807) is 0 Å². The van der Waals surface area contributed by atoms with E-state index in [-0.39, 0.29) is 6.04 Å². The summed E-state index contributed by atoms with van der Waals surface area (Å²) in [5.41, 5.74) is 0.481. The van der Waals surface area contributed by atoms with E-state index < -0.39 is 0 Å². The predicted octanol–water partition coefficient (Wildman–Crippen LogP) is 1.92. The molecule has 1 unspecified atom stereocenters. The summed E-state index contributed by atoms with van der Waals surface area (Å²) in [4.78, 5) is 0. The minimum atomic E-state index is 0.234. The van der Waals surface area contributed by atoms with E-state index >= 15 is 0 Å². The molecule has 1 aromatic heterocycles. The molecule has 5 heteroatoms. The number of hydrogen-bond acceptors (Lipinski definition) is 4. The summed E-state index contributed by atoms with van der Waals surface area (Å²) in [6, 6.07) is 0.234. The molecule has 5 nitrogen and oxygen atoms in total. The predicted molar refractivity (Wildman–Crippen MR) is 66.5 cm³/mol. The van der Waals surface area contributed by atoms with Crippen molar-refractivity contribution in [3.63, 3.8) is 0 Å². The molecule has 2 rings (SSSR count). The van der Waals surface area contributed by atoms with Crippen molar-refractivity contribution in [1.29, 1.82) is 0 Å². The van der Waals surface area contributed by atoms with Gasteiger partial charge >= 0.3 is 0 Å². The zero-order valence-corrected chi connectivity index (χ0v) is 11.1. The summed E-state index contributed by atoms with van der Waals surface area (Å²) in [6.07, 6.45) is 4.99. The van der Waals surface area contributed by atoms with Crippen molar-refractivity contribution in [1.82, 2.24) is 25.5 Å². The summed E-state index contributed by atoms with van der Waals surface area (Å²) >= 11 is 0.